The Kier molecular flexibility index (Phi) is 4.53. The lowest BCUT2D eigenvalue weighted by Gasteiger charge is -2.24. The van der Waals surface area contributed by atoms with Gasteiger partial charge in [0.15, 0.2) is 0 Å². The molecule has 0 bridgehead atoms. The Hall–Kier alpha value is -0.0300. The number of nitrogens with one attached hydrogen (secondary N) is 1. The van der Waals surface area contributed by atoms with Crippen LogP contribution in [-0.4, -0.2) is 28.8 Å². The summed E-state index contributed by atoms with van der Waals surface area (Å²) in [5.41, 5.74) is -0.482. The van der Waals surface area contributed by atoms with E-state index >= 15 is 0 Å². The Morgan fingerprint density at radius 2 is 2.35 bits per heavy atom. The summed E-state index contributed by atoms with van der Waals surface area (Å²) in [7, 11) is 0. The summed E-state index contributed by atoms with van der Waals surface area (Å²) < 4.78 is 0. The molecule has 96 valence electrons. The molecule has 2 nitrogen and oxygen atoms in total. The van der Waals surface area contributed by atoms with Gasteiger partial charge in [-0.05, 0) is 37.7 Å². The van der Waals surface area contributed by atoms with Crippen LogP contribution in [0.5, 0.6) is 0 Å². The number of rotatable bonds is 5. The molecule has 0 amide bonds. The number of thiophene rings is 1. The van der Waals surface area contributed by atoms with Gasteiger partial charge in [0.2, 0.25) is 0 Å². The van der Waals surface area contributed by atoms with Crippen LogP contribution in [0.15, 0.2) is 12.1 Å². The second-order valence-electron chi connectivity index (χ2n) is 4.79. The molecule has 0 spiro atoms. The first-order valence-corrected chi connectivity index (χ1v) is 8.22. The smallest absolute Gasteiger partial charge is 0.0869 e. The predicted octanol–water partition coefficient (Wildman–Crippen LogP) is 2.83. The summed E-state index contributed by atoms with van der Waals surface area (Å²) in [5, 5.41) is 13.7. The maximum Gasteiger partial charge on any atom is 0.0869 e. The van der Waals surface area contributed by atoms with E-state index in [4.69, 9.17) is 0 Å². The van der Waals surface area contributed by atoms with Gasteiger partial charge in [-0.15, -0.1) is 11.3 Å². The molecule has 1 aromatic heterocycles. The van der Waals surface area contributed by atoms with E-state index < -0.39 is 5.60 Å². The molecule has 1 aliphatic heterocycles. The summed E-state index contributed by atoms with van der Waals surface area (Å²) in [4.78, 5) is 2.81. The van der Waals surface area contributed by atoms with E-state index in [-0.39, 0.29) is 0 Å². The molecular formula is C13H21NOS2. The minimum atomic E-state index is -0.482. The molecule has 0 aliphatic carbocycles. The molecule has 1 aliphatic rings. The molecule has 2 heterocycles. The predicted molar refractivity (Wildman–Crippen MR) is 77.0 cm³/mol. The Labute approximate surface area is 112 Å². The monoisotopic (exact) mass is 271 g/mol. The van der Waals surface area contributed by atoms with E-state index in [9.17, 15) is 5.11 Å². The third kappa shape index (κ3) is 3.47. The van der Waals surface area contributed by atoms with Gasteiger partial charge in [0, 0.05) is 28.1 Å². The highest BCUT2D eigenvalue weighted by Crippen LogP contribution is 2.29. The van der Waals surface area contributed by atoms with Crippen LogP contribution in [0.2, 0.25) is 0 Å². The Balaban J connectivity index is 1.86. The summed E-state index contributed by atoms with van der Waals surface area (Å²) in [6.45, 7) is 5.07. The molecule has 2 atom stereocenters. The van der Waals surface area contributed by atoms with Gasteiger partial charge < -0.3 is 10.4 Å². The van der Waals surface area contributed by atoms with Crippen LogP contribution < -0.4 is 5.32 Å². The standard InChI is InChI=1S/C13H21NOS2/c1-3-11-4-5-12(17-11)10(2)14-8-13(15)6-7-16-9-13/h4-5,10,14-15H,3,6-9H2,1-2H3. The second-order valence-corrected chi connectivity index (χ2v) is 7.09. The molecule has 0 radical (unpaired) electrons. The van der Waals surface area contributed by atoms with E-state index in [1.807, 2.05) is 23.1 Å². The molecule has 0 aromatic carbocycles. The van der Waals surface area contributed by atoms with Crippen molar-refractivity contribution in [1.29, 1.82) is 0 Å². The van der Waals surface area contributed by atoms with Crippen LogP contribution in [0.1, 0.15) is 36.1 Å². The minimum Gasteiger partial charge on any atom is -0.388 e. The Morgan fingerprint density at radius 1 is 1.53 bits per heavy atom. The van der Waals surface area contributed by atoms with Gasteiger partial charge in [0.25, 0.3) is 0 Å². The van der Waals surface area contributed by atoms with Crippen molar-refractivity contribution in [3.63, 3.8) is 0 Å². The molecule has 0 saturated carbocycles. The third-order valence-corrected chi connectivity index (χ3v) is 5.92. The molecule has 2 rings (SSSR count). The average molecular weight is 271 g/mol. The quantitative estimate of drug-likeness (QED) is 0.864. The van der Waals surface area contributed by atoms with Gasteiger partial charge in [-0.2, -0.15) is 11.8 Å². The number of thioether (sulfide) groups is 1. The molecule has 4 heteroatoms. The largest absolute Gasteiger partial charge is 0.388 e. The highest BCUT2D eigenvalue weighted by atomic mass is 32.2. The summed E-state index contributed by atoms with van der Waals surface area (Å²) in [5.74, 6) is 1.96. The van der Waals surface area contributed by atoms with Crippen LogP contribution in [0.25, 0.3) is 0 Å². The number of aryl methyl sites for hydroxylation is 1. The van der Waals surface area contributed by atoms with Crippen molar-refractivity contribution in [2.75, 3.05) is 18.1 Å². The number of aliphatic hydroxyl groups is 1. The van der Waals surface area contributed by atoms with Crippen LogP contribution in [0.3, 0.4) is 0 Å². The molecule has 1 fully saturated rings. The van der Waals surface area contributed by atoms with E-state index in [1.54, 1.807) is 0 Å². The maximum atomic E-state index is 10.3. The van der Waals surface area contributed by atoms with Crippen molar-refractivity contribution in [2.45, 2.75) is 38.3 Å². The molecule has 2 N–H and O–H groups in total. The molecule has 1 aromatic rings. The van der Waals surface area contributed by atoms with Crippen molar-refractivity contribution >= 4 is 23.1 Å². The summed E-state index contributed by atoms with van der Waals surface area (Å²) in [6.07, 6.45) is 2.03. The maximum absolute atomic E-state index is 10.3. The normalized spacial score (nSPS) is 26.3. The second kappa shape index (κ2) is 5.74. The van der Waals surface area contributed by atoms with Gasteiger partial charge >= 0.3 is 0 Å². The van der Waals surface area contributed by atoms with Gasteiger partial charge in [-0.1, -0.05) is 6.92 Å². The fraction of sp³-hybridized carbons (Fsp3) is 0.692. The average Bonchev–Trinajstić information content (AvgIpc) is 2.95. The van der Waals surface area contributed by atoms with Crippen LogP contribution in [-0.2, 0) is 6.42 Å². The summed E-state index contributed by atoms with van der Waals surface area (Å²) in [6, 6.07) is 4.75. The van der Waals surface area contributed by atoms with Crippen LogP contribution in [0.4, 0.5) is 0 Å². The van der Waals surface area contributed by atoms with Crippen molar-refractivity contribution in [3.8, 4) is 0 Å². The van der Waals surface area contributed by atoms with E-state index in [2.05, 4.69) is 31.3 Å². The van der Waals surface area contributed by atoms with Crippen molar-refractivity contribution in [3.05, 3.63) is 21.9 Å². The Morgan fingerprint density at radius 3 is 2.94 bits per heavy atom. The van der Waals surface area contributed by atoms with E-state index in [0.717, 1.165) is 24.3 Å². The van der Waals surface area contributed by atoms with Crippen molar-refractivity contribution in [1.82, 2.24) is 5.32 Å². The lowest BCUT2D eigenvalue weighted by atomic mass is 10.0. The number of hydrogen-bond donors (Lipinski definition) is 2. The zero-order valence-electron chi connectivity index (χ0n) is 10.5. The lowest BCUT2D eigenvalue weighted by molar-refractivity contribution is 0.0652. The van der Waals surface area contributed by atoms with Gasteiger partial charge in [-0.25, -0.2) is 0 Å². The van der Waals surface area contributed by atoms with Crippen molar-refractivity contribution in [2.24, 2.45) is 0 Å². The zero-order valence-corrected chi connectivity index (χ0v) is 12.2. The first-order chi connectivity index (χ1) is 8.13. The fourth-order valence-electron chi connectivity index (χ4n) is 2.00. The highest BCUT2D eigenvalue weighted by Gasteiger charge is 2.31. The van der Waals surface area contributed by atoms with Crippen LogP contribution >= 0.6 is 23.1 Å². The van der Waals surface area contributed by atoms with Gasteiger partial charge in [0.05, 0.1) is 5.60 Å². The highest BCUT2D eigenvalue weighted by molar-refractivity contribution is 7.99. The topological polar surface area (TPSA) is 32.3 Å². The molecule has 1 saturated heterocycles. The fourth-order valence-corrected chi connectivity index (χ4v) is 4.27. The first kappa shape index (κ1) is 13.4. The third-order valence-electron chi connectivity index (χ3n) is 3.28. The SMILES string of the molecule is CCc1ccc(C(C)NCC2(O)CCSC2)s1. The van der Waals surface area contributed by atoms with Crippen LogP contribution in [0, 0.1) is 0 Å². The van der Waals surface area contributed by atoms with Gasteiger partial charge in [-0.3, -0.25) is 0 Å². The molecular weight excluding hydrogens is 250 g/mol. The van der Waals surface area contributed by atoms with E-state index in [1.165, 1.54) is 9.75 Å². The van der Waals surface area contributed by atoms with Crippen molar-refractivity contribution < 1.29 is 5.11 Å². The molecule has 17 heavy (non-hydrogen) atoms. The molecule has 2 unspecified atom stereocenters. The Bertz CT molecular complexity index is 358. The summed E-state index contributed by atoms with van der Waals surface area (Å²) >= 11 is 3.72. The first-order valence-electron chi connectivity index (χ1n) is 6.25. The lowest BCUT2D eigenvalue weighted by Crippen LogP contribution is -2.41. The van der Waals surface area contributed by atoms with E-state index in [0.29, 0.717) is 12.6 Å². The minimum absolute atomic E-state index is 0.343. The van der Waals surface area contributed by atoms with Gasteiger partial charge in [0.1, 0.15) is 0 Å². The zero-order chi connectivity index (χ0) is 12.3. The number of hydrogen-bond acceptors (Lipinski definition) is 4.